The van der Waals surface area contributed by atoms with Gasteiger partial charge in [0.2, 0.25) is 5.91 Å². The summed E-state index contributed by atoms with van der Waals surface area (Å²) < 4.78 is 0. The molecule has 0 radical (unpaired) electrons. The zero-order valence-electron chi connectivity index (χ0n) is 11.9. The van der Waals surface area contributed by atoms with E-state index in [2.05, 4.69) is 17.1 Å². The molecule has 0 bridgehead atoms. The smallest absolute Gasteiger partial charge is 0.241 e. The second-order valence-corrected chi connectivity index (χ2v) is 5.78. The van der Waals surface area contributed by atoms with Crippen LogP contribution in [0.2, 0.25) is 0 Å². The molecule has 1 aliphatic heterocycles. The van der Waals surface area contributed by atoms with Gasteiger partial charge < -0.3 is 11.1 Å². The zero-order valence-corrected chi connectivity index (χ0v) is 12.7. The highest BCUT2D eigenvalue weighted by Gasteiger charge is 2.29. The molecule has 108 valence electrons. The van der Waals surface area contributed by atoms with Crippen LogP contribution in [0.15, 0.2) is 24.3 Å². The summed E-state index contributed by atoms with van der Waals surface area (Å²) in [5.41, 5.74) is 7.13. The average molecular weight is 291 g/mol. The van der Waals surface area contributed by atoms with Crippen molar-refractivity contribution in [2.45, 2.75) is 38.8 Å². The Kier molecular flexibility index (Phi) is 4.73. The van der Waals surface area contributed by atoms with Crippen molar-refractivity contribution in [2.75, 3.05) is 11.9 Å². The standard InChI is InChI=1S/C15H21N3OS/c1-10-4-3-9-18(10)11(2)15(19)17-13-7-5-12(6-8-13)14(16)20/h5-8,10-11H,3-4,9H2,1-2H3,(H2,16,20)(H,17,19). The van der Waals surface area contributed by atoms with E-state index in [1.54, 1.807) is 0 Å². The first-order valence-corrected chi connectivity index (χ1v) is 7.36. The molecule has 2 rings (SSSR count). The average Bonchev–Trinajstić information content (AvgIpc) is 2.84. The van der Waals surface area contributed by atoms with Crippen molar-refractivity contribution in [3.05, 3.63) is 29.8 Å². The number of benzene rings is 1. The van der Waals surface area contributed by atoms with Crippen molar-refractivity contribution in [1.82, 2.24) is 4.90 Å². The number of nitrogens with zero attached hydrogens (tertiary/aromatic N) is 1. The highest BCUT2D eigenvalue weighted by atomic mass is 32.1. The van der Waals surface area contributed by atoms with Crippen molar-refractivity contribution in [3.63, 3.8) is 0 Å². The third-order valence-corrected chi connectivity index (χ3v) is 4.15. The molecule has 0 spiro atoms. The van der Waals surface area contributed by atoms with E-state index in [1.807, 2.05) is 31.2 Å². The van der Waals surface area contributed by atoms with E-state index in [1.165, 1.54) is 12.8 Å². The lowest BCUT2D eigenvalue weighted by Gasteiger charge is -2.27. The van der Waals surface area contributed by atoms with E-state index in [0.717, 1.165) is 17.8 Å². The van der Waals surface area contributed by atoms with Gasteiger partial charge in [0.25, 0.3) is 0 Å². The van der Waals surface area contributed by atoms with E-state index in [-0.39, 0.29) is 11.9 Å². The van der Waals surface area contributed by atoms with Gasteiger partial charge >= 0.3 is 0 Å². The fourth-order valence-electron chi connectivity index (χ4n) is 2.65. The minimum Gasteiger partial charge on any atom is -0.389 e. The summed E-state index contributed by atoms with van der Waals surface area (Å²) in [6.07, 6.45) is 2.34. The quantitative estimate of drug-likeness (QED) is 0.834. The topological polar surface area (TPSA) is 58.4 Å². The van der Waals surface area contributed by atoms with Crippen LogP contribution >= 0.6 is 12.2 Å². The van der Waals surface area contributed by atoms with Gasteiger partial charge in [0.15, 0.2) is 0 Å². The molecule has 20 heavy (non-hydrogen) atoms. The number of nitrogens with one attached hydrogen (secondary N) is 1. The predicted molar refractivity (Wildman–Crippen MR) is 85.8 cm³/mol. The van der Waals surface area contributed by atoms with Crippen LogP contribution < -0.4 is 11.1 Å². The van der Waals surface area contributed by atoms with Gasteiger partial charge in [0.05, 0.1) is 6.04 Å². The van der Waals surface area contributed by atoms with E-state index < -0.39 is 0 Å². The normalized spacial score (nSPS) is 20.6. The molecular weight excluding hydrogens is 270 g/mol. The van der Waals surface area contributed by atoms with Gasteiger partial charge in [-0.05, 0) is 57.5 Å². The number of anilines is 1. The lowest BCUT2D eigenvalue weighted by molar-refractivity contribution is -0.121. The molecule has 2 unspecified atom stereocenters. The fourth-order valence-corrected chi connectivity index (χ4v) is 2.78. The summed E-state index contributed by atoms with van der Waals surface area (Å²) in [4.78, 5) is 14.9. The molecule has 1 aliphatic rings. The van der Waals surface area contributed by atoms with Gasteiger partial charge in [-0.3, -0.25) is 9.69 Å². The molecule has 1 fully saturated rings. The second-order valence-electron chi connectivity index (χ2n) is 5.34. The van der Waals surface area contributed by atoms with Crippen LogP contribution in [0.25, 0.3) is 0 Å². The van der Waals surface area contributed by atoms with Crippen molar-refractivity contribution >= 4 is 28.8 Å². The van der Waals surface area contributed by atoms with E-state index in [9.17, 15) is 4.79 Å². The Morgan fingerprint density at radius 2 is 2.10 bits per heavy atom. The number of amides is 1. The van der Waals surface area contributed by atoms with Crippen LogP contribution in [0.5, 0.6) is 0 Å². The first kappa shape index (κ1) is 14.9. The Labute approximate surface area is 125 Å². The Bertz CT molecular complexity index is 500. The summed E-state index contributed by atoms with van der Waals surface area (Å²) in [7, 11) is 0. The van der Waals surface area contributed by atoms with E-state index in [4.69, 9.17) is 18.0 Å². The maximum absolute atomic E-state index is 12.3. The Morgan fingerprint density at radius 3 is 2.60 bits per heavy atom. The largest absolute Gasteiger partial charge is 0.389 e. The highest BCUT2D eigenvalue weighted by molar-refractivity contribution is 7.80. The number of nitrogens with two attached hydrogens (primary N) is 1. The monoisotopic (exact) mass is 291 g/mol. The van der Waals surface area contributed by atoms with Gasteiger partial charge in [-0.15, -0.1) is 0 Å². The number of carbonyl (C=O) groups excluding carboxylic acids is 1. The number of carbonyl (C=O) groups is 1. The predicted octanol–water partition coefficient (Wildman–Crippen LogP) is 2.13. The minimum atomic E-state index is -0.109. The molecule has 0 saturated carbocycles. The summed E-state index contributed by atoms with van der Waals surface area (Å²) in [6.45, 7) is 5.13. The van der Waals surface area contributed by atoms with Crippen molar-refractivity contribution < 1.29 is 4.79 Å². The molecule has 0 aromatic heterocycles. The van der Waals surface area contributed by atoms with Crippen LogP contribution in [-0.4, -0.2) is 34.4 Å². The van der Waals surface area contributed by atoms with Gasteiger partial charge in [-0.2, -0.15) is 0 Å². The number of likely N-dealkylation sites (tertiary alicyclic amines) is 1. The molecule has 1 amide bonds. The molecule has 5 heteroatoms. The lowest BCUT2D eigenvalue weighted by Crippen LogP contribution is -2.43. The molecular formula is C15H21N3OS. The van der Waals surface area contributed by atoms with E-state index >= 15 is 0 Å². The number of hydrogen-bond donors (Lipinski definition) is 2. The van der Waals surface area contributed by atoms with Crippen LogP contribution in [0.1, 0.15) is 32.3 Å². The Balaban J connectivity index is 1.98. The van der Waals surface area contributed by atoms with Gasteiger partial charge in [0, 0.05) is 17.3 Å². The molecule has 3 N–H and O–H groups in total. The molecule has 2 atom stereocenters. The summed E-state index contributed by atoms with van der Waals surface area (Å²) >= 11 is 4.90. The van der Waals surface area contributed by atoms with E-state index in [0.29, 0.717) is 11.0 Å². The Morgan fingerprint density at radius 1 is 1.45 bits per heavy atom. The van der Waals surface area contributed by atoms with Crippen LogP contribution in [0.4, 0.5) is 5.69 Å². The fraction of sp³-hybridized carbons (Fsp3) is 0.467. The lowest BCUT2D eigenvalue weighted by atomic mass is 10.2. The minimum absolute atomic E-state index is 0.0295. The van der Waals surface area contributed by atoms with Gasteiger partial charge in [-0.25, -0.2) is 0 Å². The maximum Gasteiger partial charge on any atom is 0.241 e. The summed E-state index contributed by atoms with van der Waals surface area (Å²) in [6, 6.07) is 7.66. The van der Waals surface area contributed by atoms with Crippen molar-refractivity contribution in [2.24, 2.45) is 5.73 Å². The molecule has 4 nitrogen and oxygen atoms in total. The van der Waals surface area contributed by atoms with Crippen LogP contribution in [-0.2, 0) is 4.79 Å². The molecule has 1 saturated heterocycles. The maximum atomic E-state index is 12.3. The number of rotatable bonds is 4. The van der Waals surface area contributed by atoms with Crippen molar-refractivity contribution in [3.8, 4) is 0 Å². The SMILES string of the molecule is CC1CCCN1C(C)C(=O)Nc1ccc(C(N)=S)cc1. The zero-order chi connectivity index (χ0) is 14.7. The van der Waals surface area contributed by atoms with Gasteiger partial charge in [-0.1, -0.05) is 12.2 Å². The number of thiocarbonyl (C=S) groups is 1. The summed E-state index contributed by atoms with van der Waals surface area (Å²) in [5, 5.41) is 2.94. The Hall–Kier alpha value is -1.46. The first-order chi connectivity index (χ1) is 9.49. The molecule has 1 heterocycles. The van der Waals surface area contributed by atoms with Crippen LogP contribution in [0.3, 0.4) is 0 Å². The van der Waals surface area contributed by atoms with Crippen molar-refractivity contribution in [1.29, 1.82) is 0 Å². The second kappa shape index (κ2) is 6.33. The number of hydrogen-bond acceptors (Lipinski definition) is 3. The first-order valence-electron chi connectivity index (χ1n) is 6.95. The molecule has 1 aromatic rings. The van der Waals surface area contributed by atoms with Gasteiger partial charge in [0.1, 0.15) is 4.99 Å². The highest BCUT2D eigenvalue weighted by Crippen LogP contribution is 2.20. The molecule has 0 aliphatic carbocycles. The third-order valence-electron chi connectivity index (χ3n) is 3.92. The van der Waals surface area contributed by atoms with Crippen LogP contribution in [0, 0.1) is 0 Å². The molecule has 1 aromatic carbocycles. The third kappa shape index (κ3) is 3.35. The summed E-state index contributed by atoms with van der Waals surface area (Å²) in [5.74, 6) is 0.0295.